The minimum atomic E-state index is 0. The van der Waals surface area contributed by atoms with Gasteiger partial charge in [-0.05, 0) is 22.8 Å². The van der Waals surface area contributed by atoms with Crippen LogP contribution in [0.4, 0.5) is 0 Å². The molecule has 6 rings (SSSR count). The molecular weight excluding hydrogens is 543 g/mol. The van der Waals surface area contributed by atoms with Gasteiger partial charge in [-0.2, -0.15) is 12.1 Å². The first kappa shape index (κ1) is 34.9. The van der Waals surface area contributed by atoms with Crippen LogP contribution in [0.3, 0.4) is 0 Å². The molecule has 0 aromatic heterocycles. The molecule has 0 saturated carbocycles. The van der Waals surface area contributed by atoms with Gasteiger partial charge in [0.15, 0.2) is 0 Å². The molecule has 0 fully saturated rings. The Labute approximate surface area is 249 Å². The zero-order chi connectivity index (χ0) is 23.2. The van der Waals surface area contributed by atoms with Crippen molar-refractivity contribution in [2.24, 2.45) is 0 Å². The Kier molecular flexibility index (Phi) is 15.7. The average molecular weight is 577 g/mol. The fourth-order valence-corrected chi connectivity index (χ4v) is 4.50. The van der Waals surface area contributed by atoms with Crippen molar-refractivity contribution in [2.75, 3.05) is 0 Å². The van der Waals surface area contributed by atoms with E-state index in [1.807, 2.05) is 0 Å². The third-order valence-corrected chi connectivity index (χ3v) is 6.06. The van der Waals surface area contributed by atoms with Crippen molar-refractivity contribution in [1.82, 2.24) is 0 Å². The summed E-state index contributed by atoms with van der Waals surface area (Å²) in [7, 11) is 2.97. The normalized spacial score (nSPS) is 9.32. The van der Waals surface area contributed by atoms with E-state index in [9.17, 15) is 0 Å². The van der Waals surface area contributed by atoms with Gasteiger partial charge in [-0.25, -0.2) is 0 Å². The molecular formula is C33H34Cl2SiTi-4. The maximum absolute atomic E-state index is 2.97. The molecule has 0 spiro atoms. The quantitative estimate of drug-likeness (QED) is 0.142. The molecule has 0 N–H and O–H groups in total. The van der Waals surface area contributed by atoms with Gasteiger partial charge in [-0.1, -0.05) is 74.0 Å². The molecule has 4 heteroatoms. The molecule has 6 aromatic carbocycles. The Morgan fingerprint density at radius 1 is 0.622 bits per heavy atom. The summed E-state index contributed by atoms with van der Waals surface area (Å²) in [4.78, 5) is 0. The molecule has 0 heterocycles. The van der Waals surface area contributed by atoms with E-state index in [0.29, 0.717) is 0 Å². The van der Waals surface area contributed by atoms with Crippen molar-refractivity contribution in [3.05, 3.63) is 135 Å². The van der Waals surface area contributed by atoms with Crippen LogP contribution in [-0.2, 0) is 25.6 Å². The first-order valence-electron chi connectivity index (χ1n) is 11.3. The van der Waals surface area contributed by atoms with Crippen LogP contribution >= 0.6 is 24.8 Å². The Morgan fingerprint density at radius 3 is 1.84 bits per heavy atom. The van der Waals surface area contributed by atoms with Gasteiger partial charge in [0.2, 0.25) is 0 Å². The Balaban J connectivity index is 0.000000663. The van der Waals surface area contributed by atoms with E-state index in [0.717, 1.165) is 6.42 Å². The van der Waals surface area contributed by atoms with E-state index in [1.165, 1.54) is 54.6 Å². The van der Waals surface area contributed by atoms with E-state index >= 15 is 0 Å². The number of halogens is 2. The van der Waals surface area contributed by atoms with E-state index in [-0.39, 0.29) is 39.7 Å². The van der Waals surface area contributed by atoms with Gasteiger partial charge in [0.25, 0.3) is 0 Å². The zero-order valence-corrected chi connectivity index (χ0v) is 26.1. The Hall–Kier alpha value is -2.13. The van der Waals surface area contributed by atoms with Gasteiger partial charge >= 0.3 is 26.8 Å². The summed E-state index contributed by atoms with van der Waals surface area (Å²) < 4.78 is 0. The van der Waals surface area contributed by atoms with Gasteiger partial charge in [0.05, 0.1) is 0 Å². The topological polar surface area (TPSA) is 0 Å². The summed E-state index contributed by atoms with van der Waals surface area (Å²) in [5, 5.41) is 8.02. The monoisotopic (exact) mass is 576 g/mol. The number of aryl methyl sites for hydroxylation is 2. The zero-order valence-electron chi connectivity index (χ0n) is 21.9. The second-order valence-electron chi connectivity index (χ2n) is 8.21. The van der Waals surface area contributed by atoms with E-state index in [1.54, 1.807) is 19.2 Å². The molecule has 0 aliphatic carbocycles. The average Bonchev–Trinajstić information content (AvgIpc) is 3.47. The summed E-state index contributed by atoms with van der Waals surface area (Å²) in [6.45, 7) is 4.35. The molecule has 0 nitrogen and oxygen atoms in total. The molecule has 192 valence electrons. The second-order valence-corrected chi connectivity index (χ2v) is 8.21. The summed E-state index contributed by atoms with van der Waals surface area (Å²) in [5.74, 6) is 0. The molecule has 0 atom stereocenters. The standard InChI is InChI=1S/C20H15.C11H11.2CH3.2ClH.Si.Ti/c1-14-12-16-8-5-11-19(20(16)13-14)18-10-4-7-15-6-2-3-9-17(15)18;1-2-9-7-10-5-3-4-6-11(10)8-9;;;;;;/h2-13H,1H3;3-8H,2H2,1H3;2*1H3;2*1H;;/q4*-1;;;;. The Bertz CT molecular complexity index is 1470. The first-order valence-corrected chi connectivity index (χ1v) is 14.1. The van der Waals surface area contributed by atoms with E-state index in [2.05, 4.69) is 131 Å². The van der Waals surface area contributed by atoms with Crippen LogP contribution in [0.25, 0.3) is 43.4 Å². The van der Waals surface area contributed by atoms with Crippen LogP contribution in [0, 0.1) is 21.8 Å². The van der Waals surface area contributed by atoms with Crippen molar-refractivity contribution in [2.45, 2.75) is 20.3 Å². The molecule has 37 heavy (non-hydrogen) atoms. The van der Waals surface area contributed by atoms with Gasteiger partial charge in [0.1, 0.15) is 0 Å². The van der Waals surface area contributed by atoms with Gasteiger partial charge in [0, 0.05) is 0 Å². The molecule has 6 aromatic rings. The third-order valence-electron chi connectivity index (χ3n) is 6.06. The van der Waals surface area contributed by atoms with Crippen LogP contribution in [0.5, 0.6) is 0 Å². The molecule has 0 aliphatic rings. The third kappa shape index (κ3) is 7.93. The van der Waals surface area contributed by atoms with Gasteiger partial charge in [-0.3, -0.25) is 0 Å². The van der Waals surface area contributed by atoms with Crippen molar-refractivity contribution in [1.29, 1.82) is 0 Å². The summed E-state index contributed by atoms with van der Waals surface area (Å²) in [5.41, 5.74) is 5.41. The minimum absolute atomic E-state index is 0. The van der Waals surface area contributed by atoms with Crippen LogP contribution < -0.4 is 0 Å². The number of hydrogen-bond donors (Lipinski definition) is 0. The fourth-order valence-electron chi connectivity index (χ4n) is 4.50. The number of hydrogen-bond acceptors (Lipinski definition) is 0. The van der Waals surface area contributed by atoms with Gasteiger partial charge < -0.3 is 14.9 Å². The molecule has 0 bridgehead atoms. The van der Waals surface area contributed by atoms with Crippen LogP contribution in [0.1, 0.15) is 18.1 Å². The molecule has 0 saturated heterocycles. The number of fused-ring (bicyclic) bond motifs is 3. The van der Waals surface area contributed by atoms with Crippen LogP contribution in [0.2, 0.25) is 0 Å². The predicted molar refractivity (Wildman–Crippen MR) is 169 cm³/mol. The second kappa shape index (κ2) is 16.7. The van der Waals surface area contributed by atoms with Crippen molar-refractivity contribution in [3.63, 3.8) is 0 Å². The summed E-state index contributed by atoms with van der Waals surface area (Å²) in [6, 6.07) is 39.3. The molecule has 0 unspecified atom stereocenters. The van der Waals surface area contributed by atoms with Crippen LogP contribution in [-0.4, -0.2) is 7.63 Å². The number of rotatable bonds is 2. The van der Waals surface area contributed by atoms with Crippen molar-refractivity contribution < 1.29 is 19.2 Å². The molecule has 0 aliphatic heterocycles. The molecule has 0 amide bonds. The van der Waals surface area contributed by atoms with Crippen molar-refractivity contribution in [3.8, 4) is 11.1 Å². The number of benzene rings is 4. The van der Waals surface area contributed by atoms with E-state index < -0.39 is 0 Å². The van der Waals surface area contributed by atoms with Crippen LogP contribution in [0.15, 0.2) is 109 Å². The Morgan fingerprint density at radius 2 is 1.16 bits per heavy atom. The van der Waals surface area contributed by atoms with E-state index in [4.69, 9.17) is 0 Å². The SMILES string of the molecule is CCc1cc2ccccc2[cH-]1.Cc1cc2c(-c3cccc4ccccc34)cccc2[cH-]1.Cl.Cl.[CH3-].[CH3-].[Si]=[Ti]. The van der Waals surface area contributed by atoms with Crippen molar-refractivity contribution >= 4 is 64.8 Å². The fraction of sp³-hybridized carbons (Fsp3) is 0.0909. The summed E-state index contributed by atoms with van der Waals surface area (Å²) in [6.07, 6.45) is 1.13. The maximum atomic E-state index is 2.97. The predicted octanol–water partition coefficient (Wildman–Crippen LogP) is 10.2. The summed E-state index contributed by atoms with van der Waals surface area (Å²) >= 11 is 1.81. The van der Waals surface area contributed by atoms with Gasteiger partial charge in [-0.15, -0.1) is 100.0 Å². The first-order chi connectivity index (χ1) is 16.2. The molecule has 2 radical (unpaired) electrons.